The van der Waals surface area contributed by atoms with E-state index in [-0.39, 0.29) is 17.3 Å². The Hall–Kier alpha value is -1.57. The second-order valence-corrected chi connectivity index (χ2v) is 7.24. The molecule has 22 heavy (non-hydrogen) atoms. The van der Waals surface area contributed by atoms with Crippen molar-refractivity contribution >= 4 is 52.0 Å². The molecule has 0 saturated carbocycles. The van der Waals surface area contributed by atoms with Crippen molar-refractivity contribution in [3.05, 3.63) is 55.2 Å². The van der Waals surface area contributed by atoms with Crippen molar-refractivity contribution in [2.45, 2.75) is 12.7 Å². The largest absolute Gasteiger partial charge is 0.325 e. The maximum atomic E-state index is 11.9. The highest BCUT2D eigenvalue weighted by molar-refractivity contribution is 7.99. The van der Waals surface area contributed by atoms with E-state index in [1.807, 2.05) is 12.1 Å². The standard InChI is InChI=1S/C14H13ClN2O3S2/c1-9-11(3-2-4-12(9)17(19)20)16-14(18)8-21-7-10-5-6-13(15)22-10/h2-6H,7-8H2,1H3,(H,16,18). The van der Waals surface area contributed by atoms with Crippen LogP contribution in [0.4, 0.5) is 11.4 Å². The number of carbonyl (C=O) groups is 1. The second-order valence-electron chi connectivity index (χ2n) is 4.45. The van der Waals surface area contributed by atoms with Gasteiger partial charge in [-0.25, -0.2) is 0 Å². The lowest BCUT2D eigenvalue weighted by Gasteiger charge is -2.08. The molecule has 1 amide bonds. The maximum absolute atomic E-state index is 11.9. The number of hydrogen-bond acceptors (Lipinski definition) is 5. The van der Waals surface area contributed by atoms with Crippen molar-refractivity contribution in [3.63, 3.8) is 0 Å². The third-order valence-corrected chi connectivity index (χ3v) is 5.28. The van der Waals surface area contributed by atoms with Crippen molar-refractivity contribution in [1.29, 1.82) is 0 Å². The number of thiophene rings is 1. The minimum absolute atomic E-state index is 0.00122. The molecule has 0 unspecified atom stereocenters. The van der Waals surface area contributed by atoms with Crippen LogP contribution in [0.3, 0.4) is 0 Å². The minimum Gasteiger partial charge on any atom is -0.325 e. The molecule has 0 aliphatic heterocycles. The van der Waals surface area contributed by atoms with Crippen LogP contribution in [0, 0.1) is 17.0 Å². The molecular weight excluding hydrogens is 344 g/mol. The maximum Gasteiger partial charge on any atom is 0.274 e. The fraction of sp³-hybridized carbons (Fsp3) is 0.214. The lowest BCUT2D eigenvalue weighted by atomic mass is 10.1. The summed E-state index contributed by atoms with van der Waals surface area (Å²) in [6.07, 6.45) is 0. The van der Waals surface area contributed by atoms with Crippen molar-refractivity contribution in [2.24, 2.45) is 0 Å². The van der Waals surface area contributed by atoms with Gasteiger partial charge in [0, 0.05) is 16.7 Å². The normalized spacial score (nSPS) is 10.5. The highest BCUT2D eigenvalue weighted by atomic mass is 35.5. The van der Waals surface area contributed by atoms with E-state index in [1.54, 1.807) is 19.1 Å². The van der Waals surface area contributed by atoms with Gasteiger partial charge in [-0.05, 0) is 25.1 Å². The molecule has 8 heteroatoms. The molecule has 1 N–H and O–H groups in total. The van der Waals surface area contributed by atoms with Gasteiger partial charge in [-0.15, -0.1) is 23.1 Å². The second kappa shape index (κ2) is 7.62. The van der Waals surface area contributed by atoms with Crippen LogP contribution in [0.5, 0.6) is 0 Å². The molecule has 1 aromatic carbocycles. The predicted molar refractivity (Wildman–Crippen MR) is 92.0 cm³/mol. The van der Waals surface area contributed by atoms with E-state index in [9.17, 15) is 14.9 Å². The first-order chi connectivity index (χ1) is 10.5. The van der Waals surface area contributed by atoms with Crippen LogP contribution < -0.4 is 5.32 Å². The third kappa shape index (κ3) is 4.46. The van der Waals surface area contributed by atoms with Crippen LogP contribution in [0.1, 0.15) is 10.4 Å². The molecule has 0 fully saturated rings. The SMILES string of the molecule is Cc1c(NC(=O)CSCc2ccc(Cl)s2)cccc1[N+](=O)[O-]. The van der Waals surface area contributed by atoms with Crippen LogP contribution in [-0.4, -0.2) is 16.6 Å². The summed E-state index contributed by atoms with van der Waals surface area (Å²) in [7, 11) is 0. The van der Waals surface area contributed by atoms with E-state index in [0.29, 0.717) is 17.0 Å². The Morgan fingerprint density at radius 3 is 2.82 bits per heavy atom. The number of amides is 1. The van der Waals surface area contributed by atoms with Crippen LogP contribution in [0.25, 0.3) is 0 Å². The Bertz CT molecular complexity index is 703. The van der Waals surface area contributed by atoms with E-state index in [4.69, 9.17) is 11.6 Å². The molecule has 5 nitrogen and oxygen atoms in total. The van der Waals surface area contributed by atoms with Gasteiger partial charge >= 0.3 is 0 Å². The molecule has 0 radical (unpaired) electrons. The molecule has 2 rings (SSSR count). The van der Waals surface area contributed by atoms with Crippen molar-refractivity contribution < 1.29 is 9.72 Å². The summed E-state index contributed by atoms with van der Waals surface area (Å²) in [6, 6.07) is 8.39. The number of benzene rings is 1. The van der Waals surface area contributed by atoms with Gasteiger partial charge in [0.25, 0.3) is 5.69 Å². The molecule has 0 aliphatic carbocycles. The Balaban J connectivity index is 1.89. The first kappa shape index (κ1) is 16.8. The van der Waals surface area contributed by atoms with Crippen molar-refractivity contribution in [1.82, 2.24) is 0 Å². The Kier molecular flexibility index (Phi) is 5.82. The zero-order chi connectivity index (χ0) is 16.1. The molecule has 0 bridgehead atoms. The predicted octanol–water partition coefficient (Wildman–Crippen LogP) is 4.49. The molecule has 2 aromatic rings. The van der Waals surface area contributed by atoms with Gasteiger partial charge in [0.05, 0.1) is 26.3 Å². The topological polar surface area (TPSA) is 72.2 Å². The van der Waals surface area contributed by atoms with Crippen LogP contribution in [0.2, 0.25) is 4.34 Å². The Morgan fingerprint density at radius 2 is 2.18 bits per heavy atom. The summed E-state index contributed by atoms with van der Waals surface area (Å²) in [6.45, 7) is 1.62. The third-order valence-electron chi connectivity index (χ3n) is 2.88. The number of anilines is 1. The highest BCUT2D eigenvalue weighted by Gasteiger charge is 2.14. The Morgan fingerprint density at radius 1 is 1.41 bits per heavy atom. The first-order valence-electron chi connectivity index (χ1n) is 6.33. The summed E-state index contributed by atoms with van der Waals surface area (Å²) in [5, 5.41) is 13.6. The summed E-state index contributed by atoms with van der Waals surface area (Å²) >= 11 is 8.80. The van der Waals surface area contributed by atoms with E-state index < -0.39 is 4.92 Å². The number of rotatable bonds is 6. The van der Waals surface area contributed by atoms with Gasteiger partial charge in [-0.2, -0.15) is 0 Å². The van der Waals surface area contributed by atoms with Gasteiger partial charge in [0.1, 0.15) is 0 Å². The molecular formula is C14H13ClN2O3S2. The Labute approximate surface area is 140 Å². The number of nitrogens with one attached hydrogen (secondary N) is 1. The average Bonchev–Trinajstić information content (AvgIpc) is 2.86. The number of thioether (sulfide) groups is 1. The van der Waals surface area contributed by atoms with Crippen LogP contribution in [-0.2, 0) is 10.5 Å². The van der Waals surface area contributed by atoms with E-state index in [1.165, 1.54) is 29.2 Å². The molecule has 0 saturated heterocycles. The molecule has 0 spiro atoms. The van der Waals surface area contributed by atoms with Crippen LogP contribution >= 0.6 is 34.7 Å². The molecule has 0 atom stereocenters. The van der Waals surface area contributed by atoms with Gasteiger partial charge in [-0.3, -0.25) is 14.9 Å². The fourth-order valence-corrected chi connectivity index (χ4v) is 3.84. The smallest absolute Gasteiger partial charge is 0.274 e. The number of halogens is 1. The lowest BCUT2D eigenvalue weighted by molar-refractivity contribution is -0.385. The monoisotopic (exact) mass is 356 g/mol. The average molecular weight is 357 g/mol. The van der Waals surface area contributed by atoms with Gasteiger partial charge < -0.3 is 5.32 Å². The number of nitro groups is 1. The summed E-state index contributed by atoms with van der Waals surface area (Å²) in [5.74, 6) is 0.798. The molecule has 0 aliphatic rings. The number of nitrogens with zero attached hydrogens (tertiary/aromatic N) is 1. The van der Waals surface area contributed by atoms with Gasteiger partial charge in [0.2, 0.25) is 5.91 Å². The zero-order valence-electron chi connectivity index (χ0n) is 11.7. The van der Waals surface area contributed by atoms with Gasteiger partial charge in [-0.1, -0.05) is 17.7 Å². The number of carbonyl (C=O) groups excluding carboxylic acids is 1. The highest BCUT2D eigenvalue weighted by Crippen LogP contribution is 2.26. The fourth-order valence-electron chi connectivity index (χ4n) is 1.82. The number of nitro benzene ring substituents is 1. The van der Waals surface area contributed by atoms with E-state index in [2.05, 4.69) is 5.32 Å². The number of hydrogen-bond donors (Lipinski definition) is 1. The van der Waals surface area contributed by atoms with E-state index >= 15 is 0 Å². The first-order valence-corrected chi connectivity index (χ1v) is 8.68. The van der Waals surface area contributed by atoms with E-state index in [0.717, 1.165) is 9.21 Å². The molecule has 1 aromatic heterocycles. The lowest BCUT2D eigenvalue weighted by Crippen LogP contribution is -2.15. The van der Waals surface area contributed by atoms with Crippen molar-refractivity contribution in [3.8, 4) is 0 Å². The quantitative estimate of drug-likeness (QED) is 0.611. The van der Waals surface area contributed by atoms with Gasteiger partial charge in [0.15, 0.2) is 0 Å². The molecule has 1 heterocycles. The summed E-state index contributed by atoms with van der Waals surface area (Å²) in [5.41, 5.74) is 0.925. The summed E-state index contributed by atoms with van der Waals surface area (Å²) < 4.78 is 0.729. The van der Waals surface area contributed by atoms with Crippen molar-refractivity contribution in [2.75, 3.05) is 11.1 Å². The van der Waals surface area contributed by atoms with Crippen LogP contribution in [0.15, 0.2) is 30.3 Å². The zero-order valence-corrected chi connectivity index (χ0v) is 14.1. The molecule has 116 valence electrons. The minimum atomic E-state index is -0.458. The summed E-state index contributed by atoms with van der Waals surface area (Å²) in [4.78, 5) is 23.4.